The quantitative estimate of drug-likeness (QED) is 0.718. The molecule has 0 aliphatic rings. The van der Waals surface area contributed by atoms with Crippen molar-refractivity contribution >= 4 is 15.9 Å². The van der Waals surface area contributed by atoms with Crippen molar-refractivity contribution in [1.29, 1.82) is 0 Å². The van der Waals surface area contributed by atoms with E-state index in [1.165, 1.54) is 0 Å². The maximum Gasteiger partial charge on any atom is 0.152 e. The van der Waals surface area contributed by atoms with E-state index in [1.54, 1.807) is 6.26 Å². The van der Waals surface area contributed by atoms with E-state index in [4.69, 9.17) is 4.42 Å². The average molecular weight is 239 g/mol. The van der Waals surface area contributed by atoms with E-state index in [9.17, 15) is 0 Å². The molecule has 2 rings (SSSR count). The summed E-state index contributed by atoms with van der Waals surface area (Å²) in [7, 11) is 0. The first-order chi connectivity index (χ1) is 6.25. The number of rotatable bonds is 1. The van der Waals surface area contributed by atoms with Crippen LogP contribution in [0.4, 0.5) is 0 Å². The minimum absolute atomic E-state index is 0.723. The SMILES string of the molecule is Cc1nc(Br)cc(-c2ccco2)n1. The Labute approximate surface area is 84.0 Å². The Morgan fingerprint density at radius 2 is 2.23 bits per heavy atom. The van der Waals surface area contributed by atoms with Crippen LogP contribution >= 0.6 is 15.9 Å². The second-order valence-corrected chi connectivity index (χ2v) is 3.41. The lowest BCUT2D eigenvalue weighted by Gasteiger charge is -1.98. The minimum atomic E-state index is 0.723. The summed E-state index contributed by atoms with van der Waals surface area (Å²) in [5.74, 6) is 1.48. The van der Waals surface area contributed by atoms with Crippen molar-refractivity contribution in [3.63, 3.8) is 0 Å². The molecule has 2 aromatic rings. The van der Waals surface area contributed by atoms with E-state index in [2.05, 4.69) is 25.9 Å². The lowest BCUT2D eigenvalue weighted by Crippen LogP contribution is -1.90. The van der Waals surface area contributed by atoms with Gasteiger partial charge in [-0.05, 0) is 35.0 Å². The van der Waals surface area contributed by atoms with Crippen LogP contribution in [0, 0.1) is 6.92 Å². The lowest BCUT2D eigenvalue weighted by molar-refractivity contribution is 0.579. The molecule has 4 heteroatoms. The maximum atomic E-state index is 5.22. The zero-order valence-corrected chi connectivity index (χ0v) is 8.58. The van der Waals surface area contributed by atoms with Crippen LogP contribution in [0.3, 0.4) is 0 Å². The topological polar surface area (TPSA) is 38.9 Å². The summed E-state index contributed by atoms with van der Waals surface area (Å²) < 4.78 is 5.99. The van der Waals surface area contributed by atoms with Gasteiger partial charge in [0.15, 0.2) is 5.76 Å². The molecule has 0 aliphatic heterocycles. The summed E-state index contributed by atoms with van der Waals surface area (Å²) in [6, 6.07) is 5.53. The van der Waals surface area contributed by atoms with Gasteiger partial charge < -0.3 is 4.42 Å². The highest BCUT2D eigenvalue weighted by molar-refractivity contribution is 9.10. The van der Waals surface area contributed by atoms with Crippen LogP contribution in [-0.4, -0.2) is 9.97 Å². The molecule has 66 valence electrons. The fourth-order valence-corrected chi connectivity index (χ4v) is 1.56. The first-order valence-corrected chi connectivity index (χ1v) is 4.60. The smallest absolute Gasteiger partial charge is 0.152 e. The molecule has 0 aliphatic carbocycles. The molecule has 0 N–H and O–H groups in total. The molecular weight excluding hydrogens is 232 g/mol. The van der Waals surface area contributed by atoms with Gasteiger partial charge in [0.1, 0.15) is 16.1 Å². The third-order valence-electron chi connectivity index (χ3n) is 1.58. The Morgan fingerprint density at radius 1 is 1.38 bits per heavy atom. The fourth-order valence-electron chi connectivity index (χ4n) is 1.08. The summed E-state index contributed by atoms with van der Waals surface area (Å²) in [4.78, 5) is 8.35. The van der Waals surface area contributed by atoms with Crippen molar-refractivity contribution in [1.82, 2.24) is 9.97 Å². The Balaban J connectivity index is 2.53. The molecule has 13 heavy (non-hydrogen) atoms. The van der Waals surface area contributed by atoms with Crippen molar-refractivity contribution < 1.29 is 4.42 Å². The van der Waals surface area contributed by atoms with Crippen molar-refractivity contribution in [3.05, 3.63) is 34.9 Å². The van der Waals surface area contributed by atoms with Crippen LogP contribution in [0.15, 0.2) is 33.5 Å². The van der Waals surface area contributed by atoms with Gasteiger partial charge in [0.2, 0.25) is 0 Å². The van der Waals surface area contributed by atoms with Gasteiger partial charge in [-0.25, -0.2) is 9.97 Å². The summed E-state index contributed by atoms with van der Waals surface area (Å²) >= 11 is 3.31. The summed E-state index contributed by atoms with van der Waals surface area (Å²) in [5.41, 5.74) is 0.796. The molecule has 2 aromatic heterocycles. The third kappa shape index (κ3) is 1.78. The van der Waals surface area contributed by atoms with Gasteiger partial charge >= 0.3 is 0 Å². The Hall–Kier alpha value is -1.16. The highest BCUT2D eigenvalue weighted by atomic mass is 79.9. The Morgan fingerprint density at radius 3 is 2.85 bits per heavy atom. The molecule has 0 bridgehead atoms. The summed E-state index contributed by atoms with van der Waals surface area (Å²) in [5, 5.41) is 0. The molecule has 0 aromatic carbocycles. The zero-order valence-electron chi connectivity index (χ0n) is 6.99. The number of aryl methyl sites for hydroxylation is 1. The normalized spacial score (nSPS) is 10.3. The largest absolute Gasteiger partial charge is 0.463 e. The molecule has 0 saturated carbocycles. The minimum Gasteiger partial charge on any atom is -0.463 e. The molecule has 0 saturated heterocycles. The monoisotopic (exact) mass is 238 g/mol. The maximum absolute atomic E-state index is 5.22. The average Bonchev–Trinajstić information content (AvgIpc) is 2.53. The van der Waals surface area contributed by atoms with E-state index >= 15 is 0 Å². The van der Waals surface area contributed by atoms with Crippen molar-refractivity contribution in [2.75, 3.05) is 0 Å². The molecule has 0 radical (unpaired) electrons. The standard InChI is InChI=1S/C9H7BrN2O/c1-6-11-7(5-9(10)12-6)8-3-2-4-13-8/h2-5H,1H3. The van der Waals surface area contributed by atoms with Gasteiger partial charge in [-0.2, -0.15) is 0 Å². The molecule has 0 amide bonds. The van der Waals surface area contributed by atoms with Crippen LogP contribution < -0.4 is 0 Å². The van der Waals surface area contributed by atoms with E-state index in [0.29, 0.717) is 0 Å². The van der Waals surface area contributed by atoms with E-state index in [-0.39, 0.29) is 0 Å². The lowest BCUT2D eigenvalue weighted by atomic mass is 10.3. The van der Waals surface area contributed by atoms with Crippen LogP contribution in [0.5, 0.6) is 0 Å². The second kappa shape index (κ2) is 3.30. The van der Waals surface area contributed by atoms with Gasteiger partial charge in [-0.1, -0.05) is 0 Å². The molecule has 0 atom stereocenters. The first-order valence-electron chi connectivity index (χ1n) is 3.81. The number of hydrogen-bond donors (Lipinski definition) is 0. The highest BCUT2D eigenvalue weighted by Gasteiger charge is 2.04. The van der Waals surface area contributed by atoms with E-state index < -0.39 is 0 Å². The molecule has 0 unspecified atom stereocenters. The molecule has 0 fully saturated rings. The van der Waals surface area contributed by atoms with E-state index in [0.717, 1.165) is 21.9 Å². The van der Waals surface area contributed by atoms with Crippen LogP contribution in [0.2, 0.25) is 0 Å². The van der Waals surface area contributed by atoms with Gasteiger partial charge in [0.25, 0.3) is 0 Å². The molecule has 2 heterocycles. The van der Waals surface area contributed by atoms with Crippen LogP contribution in [0.1, 0.15) is 5.82 Å². The number of aromatic nitrogens is 2. The molecule has 0 spiro atoms. The van der Waals surface area contributed by atoms with Gasteiger partial charge in [0, 0.05) is 6.07 Å². The number of hydrogen-bond acceptors (Lipinski definition) is 3. The van der Waals surface area contributed by atoms with Gasteiger partial charge in [-0.15, -0.1) is 0 Å². The summed E-state index contributed by atoms with van der Waals surface area (Å²) in [6.45, 7) is 1.84. The van der Waals surface area contributed by atoms with Crippen LogP contribution in [0.25, 0.3) is 11.5 Å². The Kier molecular flexibility index (Phi) is 2.14. The summed E-state index contributed by atoms with van der Waals surface area (Å²) in [6.07, 6.45) is 1.63. The zero-order chi connectivity index (χ0) is 9.26. The third-order valence-corrected chi connectivity index (χ3v) is 1.99. The fraction of sp³-hybridized carbons (Fsp3) is 0.111. The van der Waals surface area contributed by atoms with Crippen molar-refractivity contribution in [2.24, 2.45) is 0 Å². The van der Waals surface area contributed by atoms with Crippen molar-refractivity contribution in [3.8, 4) is 11.5 Å². The predicted octanol–water partition coefficient (Wildman–Crippen LogP) is 2.81. The Bertz CT molecular complexity index is 391. The number of halogens is 1. The molecule has 3 nitrogen and oxygen atoms in total. The number of furan rings is 1. The van der Waals surface area contributed by atoms with Crippen molar-refractivity contribution in [2.45, 2.75) is 6.92 Å². The second-order valence-electron chi connectivity index (χ2n) is 2.60. The van der Waals surface area contributed by atoms with Gasteiger partial charge in [-0.3, -0.25) is 0 Å². The first kappa shape index (κ1) is 8.44. The van der Waals surface area contributed by atoms with Gasteiger partial charge in [0.05, 0.1) is 6.26 Å². The van der Waals surface area contributed by atoms with Crippen LogP contribution in [-0.2, 0) is 0 Å². The van der Waals surface area contributed by atoms with E-state index in [1.807, 2.05) is 25.1 Å². The predicted molar refractivity (Wildman–Crippen MR) is 52.2 cm³/mol. The number of nitrogens with zero attached hydrogens (tertiary/aromatic N) is 2. The highest BCUT2D eigenvalue weighted by Crippen LogP contribution is 2.19. The molecular formula is C9H7BrN2O.